The summed E-state index contributed by atoms with van der Waals surface area (Å²) in [5, 5.41) is 21.8. The molecule has 0 heterocycles. The van der Waals surface area contributed by atoms with Gasteiger partial charge in [-0.25, -0.2) is 0 Å². The Labute approximate surface area is 112 Å². The van der Waals surface area contributed by atoms with Gasteiger partial charge in [-0.05, 0) is 6.07 Å². The van der Waals surface area contributed by atoms with E-state index in [-0.39, 0.29) is 36.5 Å². The summed E-state index contributed by atoms with van der Waals surface area (Å²) in [5.41, 5.74) is -0.105. The highest BCUT2D eigenvalue weighted by Crippen LogP contribution is 2.25. The van der Waals surface area contributed by atoms with Crippen LogP contribution in [0, 0.1) is 10.1 Å². The minimum atomic E-state index is -3.05. The maximum absolute atomic E-state index is 12.2. The lowest BCUT2D eigenvalue weighted by molar-refractivity contribution is -0.385. The molecule has 0 saturated heterocycles. The van der Waals surface area contributed by atoms with E-state index >= 15 is 0 Å². The second-order valence-electron chi connectivity index (χ2n) is 3.75. The zero-order chi connectivity index (χ0) is 15.1. The molecule has 0 bridgehead atoms. The van der Waals surface area contributed by atoms with E-state index in [2.05, 4.69) is 10.1 Å². The molecule has 1 aromatic carbocycles. The van der Waals surface area contributed by atoms with Crippen LogP contribution in [0.4, 0.5) is 14.5 Å². The number of nitrogens with zero attached hydrogens (tertiary/aromatic N) is 1. The number of ether oxygens (including phenoxy) is 1. The lowest BCUT2D eigenvalue weighted by Crippen LogP contribution is -2.18. The number of nitro benzene ring substituents is 1. The minimum absolute atomic E-state index is 0.0169. The quantitative estimate of drug-likeness (QED) is 0.429. The normalized spacial score (nSPS) is 10.6. The smallest absolute Gasteiger partial charge is 0.387 e. The average molecular weight is 290 g/mol. The van der Waals surface area contributed by atoms with Gasteiger partial charge in [0.05, 0.1) is 11.3 Å². The van der Waals surface area contributed by atoms with Crippen molar-refractivity contribution in [1.82, 2.24) is 5.32 Å². The number of benzene rings is 1. The van der Waals surface area contributed by atoms with Crippen LogP contribution in [0.1, 0.15) is 12.0 Å². The van der Waals surface area contributed by atoms with Gasteiger partial charge in [-0.1, -0.05) is 0 Å². The van der Waals surface area contributed by atoms with E-state index in [0.29, 0.717) is 0 Å². The zero-order valence-corrected chi connectivity index (χ0v) is 10.2. The van der Waals surface area contributed by atoms with Crippen LogP contribution in [-0.4, -0.2) is 29.2 Å². The predicted molar refractivity (Wildman–Crippen MR) is 63.7 cm³/mol. The maximum atomic E-state index is 12.2. The Balaban J connectivity index is 2.79. The fourth-order valence-electron chi connectivity index (χ4n) is 1.45. The standard InChI is InChI=1S/C11H12F2N2O5/c12-11(13)20-9-2-1-8(15(18)19)5-7(9)6-14-4-3-10(16)17/h1-2,5,11,14H,3-4,6H2,(H,16,17). The zero-order valence-electron chi connectivity index (χ0n) is 10.2. The lowest BCUT2D eigenvalue weighted by Gasteiger charge is -2.11. The highest BCUT2D eigenvalue weighted by molar-refractivity contribution is 5.66. The molecule has 0 radical (unpaired) electrons. The number of alkyl halides is 2. The highest BCUT2D eigenvalue weighted by atomic mass is 19.3. The van der Waals surface area contributed by atoms with Crippen LogP contribution in [0.5, 0.6) is 5.75 Å². The maximum Gasteiger partial charge on any atom is 0.387 e. The number of hydrogen-bond donors (Lipinski definition) is 2. The molecular weight excluding hydrogens is 278 g/mol. The van der Waals surface area contributed by atoms with Crippen LogP contribution in [0.15, 0.2) is 18.2 Å². The van der Waals surface area contributed by atoms with Crippen molar-refractivity contribution in [3.8, 4) is 5.75 Å². The fraction of sp³-hybridized carbons (Fsp3) is 0.364. The van der Waals surface area contributed by atoms with E-state index in [1.807, 2.05) is 0 Å². The van der Waals surface area contributed by atoms with Gasteiger partial charge in [0.25, 0.3) is 5.69 Å². The first-order valence-corrected chi connectivity index (χ1v) is 5.54. The van der Waals surface area contributed by atoms with Crippen molar-refractivity contribution >= 4 is 11.7 Å². The van der Waals surface area contributed by atoms with Gasteiger partial charge >= 0.3 is 12.6 Å². The topological polar surface area (TPSA) is 102 Å². The Bertz CT molecular complexity index is 496. The van der Waals surface area contributed by atoms with Crippen molar-refractivity contribution in [2.24, 2.45) is 0 Å². The number of aliphatic carboxylic acids is 1. The van der Waals surface area contributed by atoms with Gasteiger partial charge in [0.1, 0.15) is 5.75 Å². The van der Waals surface area contributed by atoms with Crippen molar-refractivity contribution in [2.45, 2.75) is 19.6 Å². The molecule has 1 rings (SSSR count). The first kappa shape index (κ1) is 15.8. The summed E-state index contributed by atoms with van der Waals surface area (Å²) in [6.07, 6.45) is -0.153. The van der Waals surface area contributed by atoms with E-state index in [0.717, 1.165) is 18.2 Å². The van der Waals surface area contributed by atoms with Gasteiger partial charge in [-0.2, -0.15) is 8.78 Å². The second kappa shape index (κ2) is 7.34. The predicted octanol–water partition coefficient (Wildman–Crippen LogP) is 1.76. The van der Waals surface area contributed by atoms with Gasteiger partial charge < -0.3 is 15.2 Å². The molecular formula is C11H12F2N2O5. The molecule has 0 aliphatic rings. The summed E-state index contributed by atoms with van der Waals surface area (Å²) in [6, 6.07) is 3.24. The fourth-order valence-corrected chi connectivity index (χ4v) is 1.45. The number of carboxylic acid groups (broad SMARTS) is 1. The molecule has 20 heavy (non-hydrogen) atoms. The Morgan fingerprint density at radius 3 is 2.75 bits per heavy atom. The van der Waals surface area contributed by atoms with Crippen LogP contribution >= 0.6 is 0 Å². The Hall–Kier alpha value is -2.29. The number of carbonyl (C=O) groups is 1. The molecule has 0 aliphatic heterocycles. The van der Waals surface area contributed by atoms with Crippen LogP contribution < -0.4 is 10.1 Å². The Kier molecular flexibility index (Phi) is 5.78. The SMILES string of the molecule is O=C(O)CCNCc1cc([N+](=O)[O-])ccc1OC(F)F. The number of halogens is 2. The highest BCUT2D eigenvalue weighted by Gasteiger charge is 2.14. The molecule has 0 amide bonds. The molecule has 110 valence electrons. The number of nitro groups is 1. The van der Waals surface area contributed by atoms with E-state index < -0.39 is 17.5 Å². The van der Waals surface area contributed by atoms with Crippen molar-refractivity contribution in [2.75, 3.05) is 6.54 Å². The molecule has 0 unspecified atom stereocenters. The summed E-state index contributed by atoms with van der Waals surface area (Å²) >= 11 is 0. The molecule has 1 aromatic rings. The third kappa shape index (κ3) is 5.14. The number of nitrogens with one attached hydrogen (secondary N) is 1. The molecule has 0 aromatic heterocycles. The van der Waals surface area contributed by atoms with Crippen LogP contribution in [0.3, 0.4) is 0 Å². The van der Waals surface area contributed by atoms with Gasteiger partial charge in [0.2, 0.25) is 0 Å². The van der Waals surface area contributed by atoms with Gasteiger partial charge in [-0.15, -0.1) is 0 Å². The average Bonchev–Trinajstić information content (AvgIpc) is 2.35. The molecule has 2 N–H and O–H groups in total. The van der Waals surface area contributed by atoms with Crippen LogP contribution in [0.25, 0.3) is 0 Å². The van der Waals surface area contributed by atoms with Crippen LogP contribution in [-0.2, 0) is 11.3 Å². The number of hydrogen-bond acceptors (Lipinski definition) is 5. The molecule has 9 heteroatoms. The third-order valence-electron chi connectivity index (χ3n) is 2.30. The lowest BCUT2D eigenvalue weighted by atomic mass is 10.1. The van der Waals surface area contributed by atoms with Crippen LogP contribution in [0.2, 0.25) is 0 Å². The Morgan fingerprint density at radius 2 is 2.20 bits per heavy atom. The molecule has 0 saturated carbocycles. The van der Waals surface area contributed by atoms with E-state index in [9.17, 15) is 23.7 Å². The largest absolute Gasteiger partial charge is 0.481 e. The minimum Gasteiger partial charge on any atom is -0.481 e. The third-order valence-corrected chi connectivity index (χ3v) is 2.30. The number of rotatable bonds is 8. The molecule has 0 fully saturated rings. The van der Waals surface area contributed by atoms with Gasteiger partial charge in [0, 0.05) is 30.8 Å². The van der Waals surface area contributed by atoms with Crippen molar-refractivity contribution in [3.63, 3.8) is 0 Å². The molecule has 0 atom stereocenters. The second-order valence-corrected chi connectivity index (χ2v) is 3.75. The molecule has 7 nitrogen and oxygen atoms in total. The number of carboxylic acids is 1. The first-order chi connectivity index (χ1) is 9.40. The van der Waals surface area contributed by atoms with E-state index in [1.165, 1.54) is 0 Å². The number of non-ortho nitro benzene ring substituents is 1. The Morgan fingerprint density at radius 1 is 1.50 bits per heavy atom. The van der Waals surface area contributed by atoms with Gasteiger partial charge in [0.15, 0.2) is 0 Å². The first-order valence-electron chi connectivity index (χ1n) is 5.54. The summed E-state index contributed by atoms with van der Waals surface area (Å²) in [4.78, 5) is 20.3. The summed E-state index contributed by atoms with van der Waals surface area (Å²) in [6.45, 7) is -2.96. The summed E-state index contributed by atoms with van der Waals surface area (Å²) in [5.74, 6) is -1.20. The summed E-state index contributed by atoms with van der Waals surface area (Å²) in [7, 11) is 0. The van der Waals surface area contributed by atoms with Gasteiger partial charge in [-0.3, -0.25) is 14.9 Å². The van der Waals surface area contributed by atoms with E-state index in [4.69, 9.17) is 5.11 Å². The molecule has 0 aliphatic carbocycles. The monoisotopic (exact) mass is 290 g/mol. The van der Waals surface area contributed by atoms with Crippen molar-refractivity contribution in [3.05, 3.63) is 33.9 Å². The van der Waals surface area contributed by atoms with E-state index in [1.54, 1.807) is 0 Å². The molecule has 0 spiro atoms. The summed E-state index contributed by atoms with van der Waals surface area (Å²) < 4.78 is 28.6. The van der Waals surface area contributed by atoms with Crippen molar-refractivity contribution < 1.29 is 28.3 Å². The van der Waals surface area contributed by atoms with Crippen molar-refractivity contribution in [1.29, 1.82) is 0 Å².